The van der Waals surface area contributed by atoms with Crippen molar-refractivity contribution in [1.29, 1.82) is 0 Å². The van der Waals surface area contributed by atoms with Crippen LogP contribution in [0.5, 0.6) is 0 Å². The number of hydrogen-bond donors (Lipinski definition) is 3. The molecule has 0 saturated carbocycles. The van der Waals surface area contributed by atoms with Crippen LogP contribution >= 0.6 is 0 Å². The number of rotatable bonds is 10. The van der Waals surface area contributed by atoms with E-state index in [2.05, 4.69) is 47.0 Å². The Morgan fingerprint density at radius 3 is 1.74 bits per heavy atom. The summed E-state index contributed by atoms with van der Waals surface area (Å²) >= 11 is 0. The largest absolute Gasteiger partial charge is 0.480 e. The molecule has 0 aliphatic heterocycles. The van der Waals surface area contributed by atoms with Crippen LogP contribution in [-0.2, 0) is 40.3 Å². The number of aliphatic carboxylic acids is 1. The maximum atomic E-state index is 12.5. The predicted octanol–water partition coefficient (Wildman–Crippen LogP) is 6.22. The van der Waals surface area contributed by atoms with Gasteiger partial charge in [-0.2, -0.15) is 0 Å². The highest BCUT2D eigenvalue weighted by Crippen LogP contribution is 2.39. The van der Waals surface area contributed by atoms with Gasteiger partial charge in [0.05, 0.1) is 0 Å². The van der Waals surface area contributed by atoms with E-state index < -0.39 is 24.2 Å². The van der Waals surface area contributed by atoms with E-state index in [1.165, 1.54) is 33.4 Å². The lowest BCUT2D eigenvalue weighted by Crippen LogP contribution is -2.41. The van der Waals surface area contributed by atoms with Gasteiger partial charge < -0.3 is 25.2 Å². The summed E-state index contributed by atoms with van der Waals surface area (Å²) in [7, 11) is 0. The third-order valence-corrected chi connectivity index (χ3v) is 8.14. The van der Waals surface area contributed by atoms with Gasteiger partial charge in [0.15, 0.2) is 0 Å². The molecule has 0 spiro atoms. The number of alkyl carbamates (subject to hydrolysis) is 2. The molecule has 1 atom stereocenters. The van der Waals surface area contributed by atoms with Crippen LogP contribution < -0.4 is 10.6 Å². The Hall–Kier alpha value is -5.11. The zero-order chi connectivity index (χ0) is 29.8. The average molecular weight is 577 g/mol. The van der Waals surface area contributed by atoms with E-state index in [1.807, 2.05) is 48.5 Å². The van der Waals surface area contributed by atoms with Gasteiger partial charge in [0.2, 0.25) is 0 Å². The van der Waals surface area contributed by atoms with Crippen molar-refractivity contribution in [2.45, 2.75) is 44.9 Å². The molecule has 2 aliphatic carbocycles. The highest BCUT2D eigenvalue weighted by molar-refractivity contribution is 5.81. The number of nitrogens with one attached hydrogen (secondary N) is 2. The van der Waals surface area contributed by atoms with Crippen LogP contribution in [0.1, 0.15) is 46.2 Å². The van der Waals surface area contributed by atoms with Crippen LogP contribution in [0.3, 0.4) is 0 Å². The smallest absolute Gasteiger partial charge is 0.408 e. The maximum Gasteiger partial charge on any atom is 0.408 e. The van der Waals surface area contributed by atoms with Crippen molar-refractivity contribution in [3.05, 3.63) is 118 Å². The lowest BCUT2D eigenvalue weighted by molar-refractivity contribution is -0.139. The lowest BCUT2D eigenvalue weighted by atomic mass is 10.0. The van der Waals surface area contributed by atoms with Gasteiger partial charge in [-0.25, -0.2) is 14.4 Å². The number of carbonyl (C=O) groups excluding carboxylic acids is 2. The van der Waals surface area contributed by atoms with Crippen LogP contribution in [0, 0.1) is 0 Å². The number of hydrogen-bond acceptors (Lipinski definition) is 5. The Morgan fingerprint density at radius 2 is 1.19 bits per heavy atom. The second-order valence-corrected chi connectivity index (χ2v) is 10.8. The third kappa shape index (κ3) is 6.09. The molecule has 0 unspecified atom stereocenters. The number of benzene rings is 4. The first-order valence-corrected chi connectivity index (χ1v) is 14.4. The molecule has 0 bridgehead atoms. The third-order valence-electron chi connectivity index (χ3n) is 8.14. The highest BCUT2D eigenvalue weighted by Gasteiger charge is 2.24. The molecule has 2 amide bonds. The minimum absolute atomic E-state index is 0.0411. The molecule has 0 saturated heterocycles. The van der Waals surface area contributed by atoms with E-state index in [4.69, 9.17) is 9.47 Å². The van der Waals surface area contributed by atoms with Crippen LogP contribution in [0.15, 0.2) is 84.9 Å². The summed E-state index contributed by atoms with van der Waals surface area (Å²) in [6.07, 6.45) is 0.635. The lowest BCUT2D eigenvalue weighted by Gasteiger charge is -2.16. The molecule has 4 aromatic rings. The van der Waals surface area contributed by atoms with E-state index in [0.717, 1.165) is 35.1 Å². The maximum absolute atomic E-state index is 12.5. The fourth-order valence-electron chi connectivity index (χ4n) is 5.99. The van der Waals surface area contributed by atoms with Crippen molar-refractivity contribution >= 4 is 18.2 Å². The molecule has 6 rings (SSSR count). The normalized spacial score (nSPS) is 12.7. The molecule has 0 aromatic heterocycles. The van der Waals surface area contributed by atoms with Crippen molar-refractivity contribution in [2.24, 2.45) is 0 Å². The summed E-state index contributed by atoms with van der Waals surface area (Å²) < 4.78 is 10.8. The standard InChI is InChI=1S/C35H32N2O6/c38-33(39)32(37-35(41)43-21-25-11-6-15-29-27-13-4-2-9-23(27)19-31(25)29)16-7-17-36-34(40)42-20-24-10-5-14-28-26-12-3-1-8-22(26)18-30(24)28/h1-6,8-15,32H,7,16-21H2,(H,36,40)(H,37,41)(H,38,39)/t32-/m0/s1. The number of fused-ring (bicyclic) bond motifs is 6. The van der Waals surface area contributed by atoms with E-state index in [-0.39, 0.29) is 26.2 Å². The fraction of sp³-hybridized carbons (Fsp3) is 0.229. The van der Waals surface area contributed by atoms with E-state index >= 15 is 0 Å². The van der Waals surface area contributed by atoms with Crippen molar-refractivity contribution in [1.82, 2.24) is 10.6 Å². The molecule has 8 heteroatoms. The van der Waals surface area contributed by atoms with Crippen molar-refractivity contribution < 1.29 is 29.0 Å². The summed E-state index contributed by atoms with van der Waals surface area (Å²) in [5, 5.41) is 14.7. The van der Waals surface area contributed by atoms with E-state index in [9.17, 15) is 19.5 Å². The zero-order valence-electron chi connectivity index (χ0n) is 23.6. The van der Waals surface area contributed by atoms with E-state index in [1.54, 1.807) is 0 Å². The Balaban J connectivity index is 0.935. The molecule has 43 heavy (non-hydrogen) atoms. The summed E-state index contributed by atoms with van der Waals surface area (Å²) in [6, 6.07) is 27.2. The SMILES string of the molecule is O=C(NCCC[C@H](NC(=O)OCc1cccc2c1Cc1ccccc1-2)C(=O)O)OCc1cccc2c1Cc1ccccc1-2. The van der Waals surface area contributed by atoms with Gasteiger partial charge in [0.25, 0.3) is 0 Å². The Morgan fingerprint density at radius 1 is 0.674 bits per heavy atom. The number of carboxylic acids is 1. The second kappa shape index (κ2) is 12.4. The monoisotopic (exact) mass is 576 g/mol. The van der Waals surface area contributed by atoms with Gasteiger partial charge in [-0.3, -0.25) is 0 Å². The van der Waals surface area contributed by atoms with E-state index in [0.29, 0.717) is 6.42 Å². The Bertz CT molecular complexity index is 1700. The van der Waals surface area contributed by atoms with Gasteiger partial charge in [-0.1, -0.05) is 84.9 Å². The first-order valence-electron chi connectivity index (χ1n) is 14.4. The fourth-order valence-corrected chi connectivity index (χ4v) is 5.99. The summed E-state index contributed by atoms with van der Waals surface area (Å²) in [5.74, 6) is -1.17. The molecule has 0 fully saturated rings. The molecule has 0 radical (unpaired) electrons. The first kappa shape index (κ1) is 28.0. The van der Waals surface area contributed by atoms with Gasteiger partial charge in [-0.15, -0.1) is 0 Å². The molecule has 8 nitrogen and oxygen atoms in total. The Labute approximate surface area is 249 Å². The van der Waals surface area contributed by atoms with Crippen LogP contribution in [0.2, 0.25) is 0 Å². The topological polar surface area (TPSA) is 114 Å². The highest BCUT2D eigenvalue weighted by atomic mass is 16.6. The predicted molar refractivity (Wildman–Crippen MR) is 162 cm³/mol. The summed E-state index contributed by atoms with van der Waals surface area (Å²) in [5.41, 5.74) is 11.3. The van der Waals surface area contributed by atoms with Crippen LogP contribution in [0.4, 0.5) is 9.59 Å². The number of amides is 2. The van der Waals surface area contributed by atoms with Gasteiger partial charge >= 0.3 is 18.2 Å². The van der Waals surface area contributed by atoms with Gasteiger partial charge in [0.1, 0.15) is 19.3 Å². The molecule has 218 valence electrons. The summed E-state index contributed by atoms with van der Waals surface area (Å²) in [4.78, 5) is 36.6. The van der Waals surface area contributed by atoms with Crippen molar-refractivity contribution in [3.63, 3.8) is 0 Å². The Kier molecular flexibility index (Phi) is 8.09. The molecule has 3 N–H and O–H groups in total. The number of carbonyl (C=O) groups is 3. The van der Waals surface area contributed by atoms with Crippen LogP contribution in [0.25, 0.3) is 22.3 Å². The minimum atomic E-state index is -1.17. The van der Waals surface area contributed by atoms with Gasteiger partial charge in [0, 0.05) is 6.54 Å². The molecule has 2 aliphatic rings. The molecule has 4 aromatic carbocycles. The van der Waals surface area contributed by atoms with Crippen molar-refractivity contribution in [3.8, 4) is 22.3 Å². The van der Waals surface area contributed by atoms with Crippen LogP contribution in [-0.4, -0.2) is 35.8 Å². The molecular formula is C35H32N2O6. The summed E-state index contributed by atoms with van der Waals surface area (Å²) in [6.45, 7) is 0.388. The number of ether oxygens (including phenoxy) is 2. The second-order valence-electron chi connectivity index (χ2n) is 10.8. The first-order chi connectivity index (χ1) is 21.0. The quantitative estimate of drug-likeness (QED) is 0.167. The molecule has 0 heterocycles. The minimum Gasteiger partial charge on any atom is -0.480 e. The number of carboxylic acid groups (broad SMARTS) is 1. The van der Waals surface area contributed by atoms with Gasteiger partial charge in [-0.05, 0) is 81.3 Å². The average Bonchev–Trinajstić information content (AvgIpc) is 3.59. The molecular weight excluding hydrogens is 544 g/mol. The zero-order valence-corrected chi connectivity index (χ0v) is 23.6. The van der Waals surface area contributed by atoms with Crippen molar-refractivity contribution in [2.75, 3.05) is 6.54 Å².